The van der Waals surface area contributed by atoms with Gasteiger partial charge in [-0.2, -0.15) is 0 Å². The lowest BCUT2D eigenvalue weighted by molar-refractivity contribution is 0.0766. The van der Waals surface area contributed by atoms with Gasteiger partial charge in [-0.25, -0.2) is 14.8 Å². The Morgan fingerprint density at radius 2 is 1.75 bits per heavy atom. The van der Waals surface area contributed by atoms with Crippen molar-refractivity contribution >= 4 is 17.8 Å². The molecule has 0 radical (unpaired) electrons. The summed E-state index contributed by atoms with van der Waals surface area (Å²) in [5.41, 5.74) is 0.354. The van der Waals surface area contributed by atoms with E-state index in [1.165, 1.54) is 6.20 Å². The molecule has 24 heavy (non-hydrogen) atoms. The van der Waals surface area contributed by atoms with Crippen molar-refractivity contribution in [2.24, 2.45) is 0 Å². The lowest BCUT2D eigenvalue weighted by Gasteiger charge is -2.34. The van der Waals surface area contributed by atoms with Gasteiger partial charge in [0.05, 0.1) is 19.0 Å². The topological polar surface area (TPSA) is 78.9 Å². The Balaban J connectivity index is 1.95. The molecule has 1 fully saturated rings. The molecule has 0 saturated carbocycles. The van der Waals surface area contributed by atoms with Crippen LogP contribution in [-0.4, -0.2) is 77.6 Å². The Labute approximate surface area is 142 Å². The minimum atomic E-state index is -0.275. The smallest absolute Gasteiger partial charge is 0.409 e. The third-order valence-corrected chi connectivity index (χ3v) is 4.04. The van der Waals surface area contributed by atoms with Crippen LogP contribution in [0.1, 0.15) is 31.3 Å². The molecule has 2 amide bonds. The first-order valence-electron chi connectivity index (χ1n) is 8.38. The van der Waals surface area contributed by atoms with Gasteiger partial charge in [0.2, 0.25) is 0 Å². The number of nitrogens with zero attached hydrogens (tertiary/aromatic N) is 5. The zero-order valence-corrected chi connectivity index (χ0v) is 14.6. The number of hydrogen-bond donors (Lipinski definition) is 0. The summed E-state index contributed by atoms with van der Waals surface area (Å²) in [5, 5.41) is 0. The molecule has 0 atom stereocenters. The van der Waals surface area contributed by atoms with Crippen LogP contribution in [-0.2, 0) is 4.74 Å². The number of hydrogen-bond acceptors (Lipinski definition) is 6. The van der Waals surface area contributed by atoms with E-state index < -0.39 is 0 Å². The van der Waals surface area contributed by atoms with Gasteiger partial charge in [-0.1, -0.05) is 0 Å². The van der Waals surface area contributed by atoms with E-state index >= 15 is 0 Å². The van der Waals surface area contributed by atoms with E-state index in [2.05, 4.69) is 9.97 Å². The number of anilines is 1. The van der Waals surface area contributed by atoms with Gasteiger partial charge in [0.1, 0.15) is 11.5 Å². The summed E-state index contributed by atoms with van der Waals surface area (Å²) >= 11 is 0. The first-order valence-corrected chi connectivity index (χ1v) is 8.38. The monoisotopic (exact) mass is 335 g/mol. The van der Waals surface area contributed by atoms with Crippen LogP contribution in [0.15, 0.2) is 12.4 Å². The second-order valence-corrected chi connectivity index (χ2v) is 5.41. The Morgan fingerprint density at radius 3 is 2.25 bits per heavy atom. The van der Waals surface area contributed by atoms with Crippen LogP contribution in [0.3, 0.4) is 0 Å². The number of ether oxygens (including phenoxy) is 1. The maximum atomic E-state index is 12.2. The molecule has 1 aromatic rings. The summed E-state index contributed by atoms with van der Waals surface area (Å²) in [4.78, 5) is 38.0. The highest BCUT2D eigenvalue weighted by Crippen LogP contribution is 2.13. The molecule has 0 bridgehead atoms. The molecular weight excluding hydrogens is 310 g/mol. The van der Waals surface area contributed by atoms with E-state index in [1.54, 1.807) is 22.9 Å². The molecule has 1 aliphatic rings. The van der Waals surface area contributed by atoms with Crippen LogP contribution in [0.4, 0.5) is 10.6 Å². The highest BCUT2D eigenvalue weighted by Gasteiger charge is 2.23. The molecule has 0 aromatic carbocycles. The van der Waals surface area contributed by atoms with Crippen LogP contribution in [0.5, 0.6) is 0 Å². The standard InChI is InChI=1S/C16H25N5O3/c1-4-19(5-2)15(22)13-11-18-14(12-17-13)20-7-9-21(10-8-20)16(23)24-6-3/h11-12H,4-10H2,1-3H3. The first kappa shape index (κ1) is 18.0. The summed E-state index contributed by atoms with van der Waals surface area (Å²) < 4.78 is 5.01. The molecule has 0 aliphatic carbocycles. The Hall–Kier alpha value is -2.38. The number of carbonyl (C=O) groups excluding carboxylic acids is 2. The zero-order chi connectivity index (χ0) is 17.5. The molecule has 1 aromatic heterocycles. The number of rotatable bonds is 5. The van der Waals surface area contributed by atoms with Gasteiger partial charge in [0.25, 0.3) is 5.91 Å². The Kier molecular flexibility index (Phi) is 6.34. The lowest BCUT2D eigenvalue weighted by Crippen LogP contribution is -2.49. The van der Waals surface area contributed by atoms with Crippen LogP contribution < -0.4 is 4.90 Å². The number of carbonyl (C=O) groups is 2. The van der Waals surface area contributed by atoms with E-state index in [-0.39, 0.29) is 12.0 Å². The number of amides is 2. The second-order valence-electron chi connectivity index (χ2n) is 5.41. The normalized spacial score (nSPS) is 14.5. The fourth-order valence-corrected chi connectivity index (χ4v) is 2.60. The van der Waals surface area contributed by atoms with Crippen molar-refractivity contribution in [2.75, 3.05) is 50.8 Å². The zero-order valence-electron chi connectivity index (χ0n) is 14.6. The predicted molar refractivity (Wildman–Crippen MR) is 90.1 cm³/mol. The van der Waals surface area contributed by atoms with Crippen LogP contribution >= 0.6 is 0 Å². The molecule has 0 spiro atoms. The minimum Gasteiger partial charge on any atom is -0.450 e. The molecule has 132 valence electrons. The third kappa shape index (κ3) is 4.12. The molecule has 2 rings (SSSR count). The molecule has 1 aliphatic heterocycles. The summed E-state index contributed by atoms with van der Waals surface area (Å²) in [6.45, 7) is 9.84. The maximum Gasteiger partial charge on any atom is 0.409 e. The molecule has 1 saturated heterocycles. The van der Waals surface area contributed by atoms with Crippen molar-refractivity contribution in [2.45, 2.75) is 20.8 Å². The average molecular weight is 335 g/mol. The van der Waals surface area contributed by atoms with Crippen molar-refractivity contribution in [3.8, 4) is 0 Å². The summed E-state index contributed by atoms with van der Waals surface area (Å²) in [6.07, 6.45) is 2.87. The van der Waals surface area contributed by atoms with Gasteiger partial charge >= 0.3 is 6.09 Å². The molecule has 8 heteroatoms. The fourth-order valence-electron chi connectivity index (χ4n) is 2.60. The largest absolute Gasteiger partial charge is 0.450 e. The first-order chi connectivity index (χ1) is 11.6. The average Bonchev–Trinajstić information content (AvgIpc) is 2.63. The van der Waals surface area contributed by atoms with Gasteiger partial charge in [-0.15, -0.1) is 0 Å². The van der Waals surface area contributed by atoms with E-state index in [9.17, 15) is 9.59 Å². The summed E-state index contributed by atoms with van der Waals surface area (Å²) in [6, 6.07) is 0. The van der Waals surface area contributed by atoms with E-state index in [0.717, 1.165) is 5.82 Å². The molecule has 0 unspecified atom stereocenters. The molecular formula is C16H25N5O3. The highest BCUT2D eigenvalue weighted by molar-refractivity contribution is 5.92. The molecule has 2 heterocycles. The lowest BCUT2D eigenvalue weighted by atomic mass is 10.3. The van der Waals surface area contributed by atoms with Gasteiger partial charge in [0, 0.05) is 39.3 Å². The maximum absolute atomic E-state index is 12.2. The summed E-state index contributed by atoms with van der Waals surface area (Å²) in [7, 11) is 0. The van der Waals surface area contributed by atoms with E-state index in [4.69, 9.17) is 4.74 Å². The number of piperazine rings is 1. The van der Waals surface area contributed by atoms with Gasteiger partial charge < -0.3 is 19.4 Å². The van der Waals surface area contributed by atoms with Crippen molar-refractivity contribution < 1.29 is 14.3 Å². The highest BCUT2D eigenvalue weighted by atomic mass is 16.6. The van der Waals surface area contributed by atoms with Crippen LogP contribution in [0.25, 0.3) is 0 Å². The molecule has 0 N–H and O–H groups in total. The van der Waals surface area contributed by atoms with Crippen LogP contribution in [0, 0.1) is 0 Å². The SMILES string of the molecule is CCOC(=O)N1CCN(c2cnc(C(=O)N(CC)CC)cn2)CC1. The van der Waals surface area contributed by atoms with Crippen molar-refractivity contribution in [1.29, 1.82) is 0 Å². The van der Waals surface area contributed by atoms with E-state index in [0.29, 0.717) is 51.6 Å². The number of aromatic nitrogens is 2. The van der Waals surface area contributed by atoms with Crippen LogP contribution in [0.2, 0.25) is 0 Å². The van der Waals surface area contributed by atoms with E-state index in [1.807, 2.05) is 18.7 Å². The van der Waals surface area contributed by atoms with Crippen molar-refractivity contribution in [3.05, 3.63) is 18.1 Å². The minimum absolute atomic E-state index is 0.105. The predicted octanol–water partition coefficient (Wildman–Crippen LogP) is 1.24. The Bertz CT molecular complexity index is 551. The van der Waals surface area contributed by atoms with Crippen molar-refractivity contribution in [3.63, 3.8) is 0 Å². The second kappa shape index (κ2) is 8.47. The third-order valence-electron chi connectivity index (χ3n) is 4.04. The van der Waals surface area contributed by atoms with Gasteiger partial charge in [-0.3, -0.25) is 4.79 Å². The van der Waals surface area contributed by atoms with Gasteiger partial charge in [0.15, 0.2) is 0 Å². The fraction of sp³-hybridized carbons (Fsp3) is 0.625. The summed E-state index contributed by atoms with van der Waals surface area (Å²) in [5.74, 6) is 0.612. The molecule has 8 nitrogen and oxygen atoms in total. The quantitative estimate of drug-likeness (QED) is 0.805. The Morgan fingerprint density at radius 1 is 1.08 bits per heavy atom. The van der Waals surface area contributed by atoms with Crippen molar-refractivity contribution in [1.82, 2.24) is 19.8 Å². The van der Waals surface area contributed by atoms with Gasteiger partial charge in [-0.05, 0) is 20.8 Å².